The number of hydrogen-bond acceptors (Lipinski definition) is 3. The van der Waals surface area contributed by atoms with Crippen LogP contribution in [0.15, 0.2) is 59.6 Å². The van der Waals surface area contributed by atoms with Crippen molar-refractivity contribution in [3.8, 4) is 17.3 Å². The molecule has 0 aliphatic rings. The molecule has 0 bridgehead atoms. The summed E-state index contributed by atoms with van der Waals surface area (Å²) in [5.41, 5.74) is 3.33. The van der Waals surface area contributed by atoms with Gasteiger partial charge in [0, 0.05) is 16.3 Å². The average Bonchev–Trinajstić information content (AvgIpc) is 2.97. The van der Waals surface area contributed by atoms with Crippen molar-refractivity contribution < 1.29 is 0 Å². The van der Waals surface area contributed by atoms with Crippen molar-refractivity contribution in [3.05, 3.63) is 70.7 Å². The molecule has 5 heteroatoms. The minimum atomic E-state index is 0.559. The first-order valence-electron chi connectivity index (χ1n) is 6.69. The van der Waals surface area contributed by atoms with E-state index < -0.39 is 0 Å². The van der Waals surface area contributed by atoms with Crippen molar-refractivity contribution in [3.63, 3.8) is 0 Å². The molecular weight excluding hydrogens is 314 g/mol. The van der Waals surface area contributed by atoms with Crippen molar-refractivity contribution >= 4 is 23.4 Å². The highest BCUT2D eigenvalue weighted by molar-refractivity contribution is 7.98. The van der Waals surface area contributed by atoms with Crippen LogP contribution in [-0.2, 0) is 5.75 Å². The minimum Gasteiger partial charge on any atom is -0.275 e. The highest BCUT2D eigenvalue weighted by Crippen LogP contribution is 2.31. The molecule has 3 nitrogen and oxygen atoms in total. The molecule has 0 aliphatic carbocycles. The summed E-state index contributed by atoms with van der Waals surface area (Å²) in [5.74, 6) is 0.773. The molecule has 0 aliphatic heterocycles. The van der Waals surface area contributed by atoms with Crippen LogP contribution >= 0.6 is 23.4 Å². The minimum absolute atomic E-state index is 0.559. The van der Waals surface area contributed by atoms with Crippen LogP contribution in [0.4, 0.5) is 0 Å². The number of aromatic amines is 1. The fourth-order valence-electron chi connectivity index (χ4n) is 2.11. The number of nitriles is 1. The van der Waals surface area contributed by atoms with Gasteiger partial charge in [-0.15, -0.1) is 0 Å². The standard InChI is InChI=1S/C17H12ClN3S/c18-14-8-4-7-13(9-14)16-15(10-19)17(21-20-16)22-11-12-5-2-1-3-6-12/h1-9H,11H2,(H,20,21). The highest BCUT2D eigenvalue weighted by atomic mass is 35.5. The van der Waals surface area contributed by atoms with Gasteiger partial charge in [-0.3, -0.25) is 5.10 Å². The van der Waals surface area contributed by atoms with Gasteiger partial charge in [0.15, 0.2) is 0 Å². The Morgan fingerprint density at radius 1 is 1.14 bits per heavy atom. The van der Waals surface area contributed by atoms with E-state index in [0.717, 1.165) is 11.3 Å². The van der Waals surface area contributed by atoms with Gasteiger partial charge in [-0.1, -0.05) is 65.8 Å². The number of halogens is 1. The van der Waals surface area contributed by atoms with Gasteiger partial charge in [0.05, 0.1) is 5.69 Å². The van der Waals surface area contributed by atoms with Crippen LogP contribution in [0.2, 0.25) is 5.02 Å². The Morgan fingerprint density at radius 2 is 1.95 bits per heavy atom. The van der Waals surface area contributed by atoms with E-state index >= 15 is 0 Å². The Bertz CT molecular complexity index is 821. The SMILES string of the molecule is N#Cc1c(SCc2ccccc2)n[nH]c1-c1cccc(Cl)c1. The molecule has 0 fully saturated rings. The quantitative estimate of drug-likeness (QED) is 0.694. The fourth-order valence-corrected chi connectivity index (χ4v) is 3.20. The molecule has 1 heterocycles. The molecule has 0 atom stereocenters. The molecule has 0 unspecified atom stereocenters. The third-order valence-corrected chi connectivity index (χ3v) is 4.46. The summed E-state index contributed by atoms with van der Waals surface area (Å²) in [4.78, 5) is 0. The smallest absolute Gasteiger partial charge is 0.137 e. The van der Waals surface area contributed by atoms with E-state index in [2.05, 4.69) is 28.4 Å². The molecule has 0 amide bonds. The van der Waals surface area contributed by atoms with Crippen LogP contribution in [0.25, 0.3) is 11.3 Å². The molecule has 1 aromatic heterocycles. The lowest BCUT2D eigenvalue weighted by atomic mass is 10.1. The summed E-state index contributed by atoms with van der Waals surface area (Å²) in [6.45, 7) is 0. The Morgan fingerprint density at radius 3 is 2.68 bits per heavy atom. The van der Waals surface area contributed by atoms with Gasteiger partial charge in [0.2, 0.25) is 0 Å². The lowest BCUT2D eigenvalue weighted by molar-refractivity contribution is 1.00. The molecule has 3 rings (SSSR count). The maximum atomic E-state index is 9.46. The molecule has 2 aromatic carbocycles. The fraction of sp³-hybridized carbons (Fsp3) is 0.0588. The van der Waals surface area contributed by atoms with Gasteiger partial charge in [-0.25, -0.2) is 0 Å². The van der Waals surface area contributed by atoms with Crippen molar-refractivity contribution in [2.24, 2.45) is 0 Å². The number of hydrogen-bond donors (Lipinski definition) is 1. The predicted molar refractivity (Wildman–Crippen MR) is 89.8 cm³/mol. The Hall–Kier alpha value is -2.22. The Labute approximate surface area is 137 Å². The summed E-state index contributed by atoms with van der Waals surface area (Å²) in [6.07, 6.45) is 0. The number of thioether (sulfide) groups is 1. The van der Waals surface area contributed by atoms with Crippen LogP contribution in [0.3, 0.4) is 0 Å². The van der Waals surface area contributed by atoms with E-state index in [1.807, 2.05) is 36.4 Å². The average molecular weight is 326 g/mol. The first-order valence-corrected chi connectivity index (χ1v) is 8.05. The Kier molecular flexibility index (Phi) is 4.47. The molecule has 0 radical (unpaired) electrons. The lowest BCUT2D eigenvalue weighted by Gasteiger charge is -2.00. The molecule has 1 N–H and O–H groups in total. The second-order valence-corrected chi connectivity index (χ2v) is 6.08. The summed E-state index contributed by atoms with van der Waals surface area (Å²) < 4.78 is 0. The zero-order chi connectivity index (χ0) is 15.4. The van der Waals surface area contributed by atoms with Crippen LogP contribution in [0.5, 0.6) is 0 Å². The van der Waals surface area contributed by atoms with Gasteiger partial charge in [0.1, 0.15) is 16.7 Å². The van der Waals surface area contributed by atoms with E-state index in [0.29, 0.717) is 21.3 Å². The normalized spacial score (nSPS) is 10.4. The number of rotatable bonds is 4. The van der Waals surface area contributed by atoms with Gasteiger partial charge in [0.25, 0.3) is 0 Å². The maximum absolute atomic E-state index is 9.46. The van der Waals surface area contributed by atoms with Gasteiger partial charge < -0.3 is 0 Å². The first-order chi connectivity index (χ1) is 10.8. The molecule has 22 heavy (non-hydrogen) atoms. The molecule has 0 saturated heterocycles. The first kappa shape index (κ1) is 14.7. The topological polar surface area (TPSA) is 52.5 Å². The third-order valence-electron chi connectivity index (χ3n) is 3.18. The summed E-state index contributed by atoms with van der Waals surface area (Å²) in [5, 5.41) is 18.0. The zero-order valence-corrected chi connectivity index (χ0v) is 13.2. The van der Waals surface area contributed by atoms with Crippen molar-refractivity contribution in [1.29, 1.82) is 5.26 Å². The van der Waals surface area contributed by atoms with Crippen molar-refractivity contribution in [2.75, 3.05) is 0 Å². The van der Waals surface area contributed by atoms with Gasteiger partial charge in [-0.05, 0) is 17.7 Å². The Balaban J connectivity index is 1.86. The van der Waals surface area contributed by atoms with Crippen LogP contribution in [0.1, 0.15) is 11.1 Å². The second kappa shape index (κ2) is 6.69. The molecule has 108 valence electrons. The molecular formula is C17H12ClN3S. The summed E-state index contributed by atoms with van der Waals surface area (Å²) in [6, 6.07) is 19.7. The number of aromatic nitrogens is 2. The summed E-state index contributed by atoms with van der Waals surface area (Å²) >= 11 is 7.56. The third kappa shape index (κ3) is 3.16. The monoisotopic (exact) mass is 325 g/mol. The number of benzene rings is 2. The van der Waals surface area contributed by atoms with E-state index in [-0.39, 0.29) is 0 Å². The zero-order valence-electron chi connectivity index (χ0n) is 11.6. The van der Waals surface area contributed by atoms with Crippen LogP contribution < -0.4 is 0 Å². The molecule has 0 saturated carbocycles. The number of nitrogens with zero attached hydrogens (tertiary/aromatic N) is 2. The van der Waals surface area contributed by atoms with E-state index in [1.165, 1.54) is 5.56 Å². The van der Waals surface area contributed by atoms with Crippen LogP contribution in [0, 0.1) is 11.3 Å². The van der Waals surface area contributed by atoms with Gasteiger partial charge in [-0.2, -0.15) is 10.4 Å². The largest absolute Gasteiger partial charge is 0.275 e. The number of nitrogens with one attached hydrogen (secondary N) is 1. The second-order valence-electron chi connectivity index (χ2n) is 4.68. The van der Waals surface area contributed by atoms with E-state index in [9.17, 15) is 5.26 Å². The van der Waals surface area contributed by atoms with Crippen LogP contribution in [-0.4, -0.2) is 10.2 Å². The maximum Gasteiger partial charge on any atom is 0.137 e. The van der Waals surface area contributed by atoms with Crippen molar-refractivity contribution in [2.45, 2.75) is 10.8 Å². The van der Waals surface area contributed by atoms with Gasteiger partial charge >= 0.3 is 0 Å². The van der Waals surface area contributed by atoms with E-state index in [4.69, 9.17) is 11.6 Å². The summed E-state index contributed by atoms with van der Waals surface area (Å²) in [7, 11) is 0. The molecule has 0 spiro atoms. The molecule has 3 aromatic rings. The van der Waals surface area contributed by atoms with E-state index in [1.54, 1.807) is 17.8 Å². The number of H-pyrrole nitrogens is 1. The highest BCUT2D eigenvalue weighted by Gasteiger charge is 2.15. The van der Waals surface area contributed by atoms with Crippen molar-refractivity contribution in [1.82, 2.24) is 10.2 Å². The lowest BCUT2D eigenvalue weighted by Crippen LogP contribution is -1.84. The predicted octanol–water partition coefficient (Wildman–Crippen LogP) is 4.89.